The van der Waals surface area contributed by atoms with Gasteiger partial charge in [0.05, 0.1) is 10.8 Å². The van der Waals surface area contributed by atoms with E-state index in [1.807, 2.05) is 12.2 Å². The van der Waals surface area contributed by atoms with Gasteiger partial charge in [-0.3, -0.25) is 0 Å². The van der Waals surface area contributed by atoms with Crippen molar-refractivity contribution in [3.8, 4) is 0 Å². The lowest BCUT2D eigenvalue weighted by Crippen LogP contribution is -2.35. The highest BCUT2D eigenvalue weighted by Gasteiger charge is 2.19. The highest BCUT2D eigenvalue weighted by Crippen LogP contribution is 2.25. The molecule has 0 N–H and O–H groups in total. The first-order valence-electron chi connectivity index (χ1n) is 3.21. The minimum atomic E-state index is -1.01. The highest BCUT2D eigenvalue weighted by atomic mass is 79.9. The predicted molar refractivity (Wildman–Crippen MR) is 39.6 cm³/mol. The maximum atomic E-state index is 10.3. The van der Waals surface area contributed by atoms with E-state index < -0.39 is 10.8 Å². The van der Waals surface area contributed by atoms with Crippen LogP contribution in [-0.2, 0) is 4.79 Å². The van der Waals surface area contributed by atoms with Crippen molar-refractivity contribution in [1.29, 1.82) is 0 Å². The van der Waals surface area contributed by atoms with Gasteiger partial charge in [-0.2, -0.15) is 0 Å². The minimum Gasteiger partial charge on any atom is -0.549 e. The Bertz CT molecular complexity index is 157. The summed E-state index contributed by atoms with van der Waals surface area (Å²) in [5, 5.41) is 10.3. The molecule has 0 saturated heterocycles. The standard InChI is InChI=1S/C7H9BrO2/c8-6(7(9)10)5-3-1-2-4-5/h1-2,5-6H,3-4H2,(H,9,10)/p-1. The van der Waals surface area contributed by atoms with E-state index in [1.165, 1.54) is 0 Å². The quantitative estimate of drug-likeness (QED) is 0.484. The number of carbonyl (C=O) groups excluding carboxylic acids is 1. The lowest BCUT2D eigenvalue weighted by Gasteiger charge is -2.17. The van der Waals surface area contributed by atoms with Crippen LogP contribution in [0.1, 0.15) is 12.8 Å². The van der Waals surface area contributed by atoms with Gasteiger partial charge in [0.1, 0.15) is 0 Å². The van der Waals surface area contributed by atoms with Gasteiger partial charge in [-0.1, -0.05) is 28.1 Å². The average molecular weight is 204 g/mol. The summed E-state index contributed by atoms with van der Waals surface area (Å²) < 4.78 is 0. The van der Waals surface area contributed by atoms with E-state index in [0.29, 0.717) is 0 Å². The zero-order valence-corrected chi connectivity index (χ0v) is 7.00. The molecule has 1 atom stereocenters. The molecule has 3 heteroatoms. The summed E-state index contributed by atoms with van der Waals surface area (Å²) >= 11 is 3.07. The Balaban J connectivity index is 2.42. The number of hydrogen-bond acceptors (Lipinski definition) is 2. The molecule has 2 nitrogen and oxygen atoms in total. The Hall–Kier alpha value is -0.310. The van der Waals surface area contributed by atoms with Gasteiger partial charge in [-0.05, 0) is 18.8 Å². The third-order valence-corrected chi connectivity index (χ3v) is 2.80. The fourth-order valence-corrected chi connectivity index (χ4v) is 1.50. The molecule has 0 amide bonds. The summed E-state index contributed by atoms with van der Waals surface area (Å²) in [6, 6.07) is 0. The molecule has 1 aliphatic rings. The largest absolute Gasteiger partial charge is 0.549 e. The van der Waals surface area contributed by atoms with E-state index in [1.54, 1.807) is 0 Å². The van der Waals surface area contributed by atoms with Crippen LogP contribution in [-0.4, -0.2) is 10.8 Å². The van der Waals surface area contributed by atoms with Crippen molar-refractivity contribution in [1.82, 2.24) is 0 Å². The van der Waals surface area contributed by atoms with Crippen LogP contribution in [0.15, 0.2) is 12.2 Å². The van der Waals surface area contributed by atoms with Gasteiger partial charge in [0.15, 0.2) is 0 Å². The number of rotatable bonds is 2. The van der Waals surface area contributed by atoms with Crippen LogP contribution < -0.4 is 5.11 Å². The second-order valence-electron chi connectivity index (χ2n) is 2.42. The summed E-state index contributed by atoms with van der Waals surface area (Å²) in [6.07, 6.45) is 5.71. The number of carboxylic acid groups (broad SMARTS) is 1. The first-order valence-corrected chi connectivity index (χ1v) is 4.13. The molecular formula is C7H8BrO2-. The van der Waals surface area contributed by atoms with Crippen molar-refractivity contribution >= 4 is 21.9 Å². The summed E-state index contributed by atoms with van der Waals surface area (Å²) in [7, 11) is 0. The van der Waals surface area contributed by atoms with Crippen LogP contribution in [0.3, 0.4) is 0 Å². The molecule has 0 aromatic rings. The van der Waals surface area contributed by atoms with E-state index in [4.69, 9.17) is 0 Å². The zero-order chi connectivity index (χ0) is 7.56. The number of carboxylic acids is 1. The van der Waals surface area contributed by atoms with Gasteiger partial charge in [0.2, 0.25) is 0 Å². The van der Waals surface area contributed by atoms with Crippen molar-refractivity contribution < 1.29 is 9.90 Å². The van der Waals surface area contributed by atoms with Gasteiger partial charge in [-0.15, -0.1) is 0 Å². The second-order valence-corrected chi connectivity index (χ2v) is 3.41. The Morgan fingerprint density at radius 1 is 1.60 bits per heavy atom. The smallest absolute Gasteiger partial charge is 0.0575 e. The van der Waals surface area contributed by atoms with Crippen molar-refractivity contribution in [2.45, 2.75) is 17.7 Å². The van der Waals surface area contributed by atoms with Gasteiger partial charge >= 0.3 is 0 Å². The molecule has 0 aliphatic heterocycles. The van der Waals surface area contributed by atoms with E-state index in [2.05, 4.69) is 15.9 Å². The Kier molecular flexibility index (Phi) is 2.49. The Labute approximate surface area is 68.1 Å². The van der Waals surface area contributed by atoms with E-state index >= 15 is 0 Å². The van der Waals surface area contributed by atoms with Crippen molar-refractivity contribution in [2.24, 2.45) is 5.92 Å². The van der Waals surface area contributed by atoms with Crippen LogP contribution in [0.2, 0.25) is 0 Å². The summed E-state index contributed by atoms with van der Waals surface area (Å²) in [5.41, 5.74) is 0. The lowest BCUT2D eigenvalue weighted by atomic mass is 10.0. The molecule has 0 spiro atoms. The number of hydrogen-bond donors (Lipinski definition) is 0. The summed E-state index contributed by atoms with van der Waals surface area (Å²) in [5.74, 6) is -0.807. The van der Waals surface area contributed by atoms with E-state index in [0.717, 1.165) is 12.8 Å². The molecule has 10 heavy (non-hydrogen) atoms. The summed E-state index contributed by atoms with van der Waals surface area (Å²) in [4.78, 5) is 9.82. The van der Waals surface area contributed by atoms with E-state index in [-0.39, 0.29) is 5.92 Å². The molecule has 0 saturated carbocycles. The van der Waals surface area contributed by atoms with Crippen LogP contribution in [0.5, 0.6) is 0 Å². The molecule has 0 heterocycles. The highest BCUT2D eigenvalue weighted by molar-refractivity contribution is 9.10. The van der Waals surface area contributed by atoms with Crippen molar-refractivity contribution in [2.75, 3.05) is 0 Å². The predicted octanol–water partition coefficient (Wildman–Crippen LogP) is 0.466. The van der Waals surface area contributed by atoms with Gasteiger partial charge in [0, 0.05) is 0 Å². The summed E-state index contributed by atoms with van der Waals surface area (Å²) in [6.45, 7) is 0. The van der Waals surface area contributed by atoms with Gasteiger partial charge in [0.25, 0.3) is 0 Å². The molecule has 1 aliphatic carbocycles. The first-order chi connectivity index (χ1) is 4.72. The third-order valence-electron chi connectivity index (χ3n) is 1.68. The minimum absolute atomic E-state index is 0.199. The molecule has 0 bridgehead atoms. The molecule has 0 radical (unpaired) electrons. The lowest BCUT2D eigenvalue weighted by molar-refractivity contribution is -0.305. The monoisotopic (exact) mass is 203 g/mol. The molecule has 0 aromatic heterocycles. The fourth-order valence-electron chi connectivity index (χ4n) is 1.07. The van der Waals surface area contributed by atoms with Crippen LogP contribution in [0, 0.1) is 5.92 Å². The maximum Gasteiger partial charge on any atom is 0.0575 e. The fraction of sp³-hybridized carbons (Fsp3) is 0.571. The molecule has 0 aromatic carbocycles. The van der Waals surface area contributed by atoms with Crippen LogP contribution in [0.25, 0.3) is 0 Å². The van der Waals surface area contributed by atoms with Crippen molar-refractivity contribution in [3.05, 3.63) is 12.2 Å². The van der Waals surface area contributed by atoms with Gasteiger partial charge in [-0.25, -0.2) is 0 Å². The second kappa shape index (κ2) is 3.19. The molecule has 56 valence electrons. The third kappa shape index (κ3) is 1.59. The normalized spacial score (nSPS) is 21.3. The van der Waals surface area contributed by atoms with Crippen LogP contribution in [0.4, 0.5) is 0 Å². The van der Waals surface area contributed by atoms with Gasteiger partial charge < -0.3 is 9.90 Å². The molecular weight excluding hydrogens is 196 g/mol. The molecule has 0 fully saturated rings. The molecule has 1 unspecified atom stereocenters. The Morgan fingerprint density at radius 3 is 2.50 bits per heavy atom. The Morgan fingerprint density at radius 2 is 2.10 bits per heavy atom. The number of alkyl halides is 1. The maximum absolute atomic E-state index is 10.3. The molecule has 1 rings (SSSR count). The SMILES string of the molecule is O=C([O-])C(Br)C1CC=CC1. The van der Waals surface area contributed by atoms with Crippen LogP contribution >= 0.6 is 15.9 Å². The number of carbonyl (C=O) groups is 1. The van der Waals surface area contributed by atoms with Crippen molar-refractivity contribution in [3.63, 3.8) is 0 Å². The van der Waals surface area contributed by atoms with E-state index in [9.17, 15) is 9.90 Å². The number of halogens is 1. The number of allylic oxidation sites excluding steroid dienone is 2. The number of aliphatic carboxylic acids is 1. The first kappa shape index (κ1) is 7.79. The average Bonchev–Trinajstić information content (AvgIpc) is 2.36. The topological polar surface area (TPSA) is 40.1 Å². The zero-order valence-electron chi connectivity index (χ0n) is 5.42.